The van der Waals surface area contributed by atoms with Crippen molar-refractivity contribution >= 4 is 17.4 Å². The largest absolute Gasteiger partial charge is 0.467 e. The van der Waals surface area contributed by atoms with Crippen LogP contribution in [0.1, 0.15) is 36.4 Å². The molecule has 1 aliphatic rings. The highest BCUT2D eigenvalue weighted by Gasteiger charge is 2.27. The molecule has 5 nitrogen and oxygen atoms in total. The highest BCUT2D eigenvalue weighted by Crippen LogP contribution is 2.39. The normalized spacial score (nSPS) is 16.1. The summed E-state index contributed by atoms with van der Waals surface area (Å²) in [5.41, 5.74) is 0. The molecule has 0 bridgehead atoms. The Kier molecular flexibility index (Phi) is 3.89. The Bertz CT molecular complexity index is 570. The fraction of sp³-hybridized carbons (Fsp3) is 0.429. The van der Waals surface area contributed by atoms with Gasteiger partial charge in [0.1, 0.15) is 28.6 Å². The molecule has 0 radical (unpaired) electrons. The summed E-state index contributed by atoms with van der Waals surface area (Å²) in [5.74, 6) is 2.77. The lowest BCUT2D eigenvalue weighted by atomic mass is 10.2. The minimum Gasteiger partial charge on any atom is -0.467 e. The van der Waals surface area contributed by atoms with E-state index in [-0.39, 0.29) is 6.04 Å². The maximum atomic E-state index is 6.06. The van der Waals surface area contributed by atoms with Crippen LogP contribution in [0.2, 0.25) is 5.15 Å². The van der Waals surface area contributed by atoms with Gasteiger partial charge in [0.15, 0.2) is 0 Å². The Morgan fingerprint density at radius 2 is 2.35 bits per heavy atom. The van der Waals surface area contributed by atoms with Gasteiger partial charge in [-0.1, -0.05) is 11.6 Å². The Balaban J connectivity index is 1.81. The molecule has 2 heterocycles. The average molecular weight is 294 g/mol. The van der Waals surface area contributed by atoms with E-state index in [0.29, 0.717) is 23.5 Å². The Morgan fingerprint density at radius 3 is 3.00 bits per heavy atom. The predicted octanol–water partition coefficient (Wildman–Crippen LogP) is 3.40. The van der Waals surface area contributed by atoms with Gasteiger partial charge in [-0.25, -0.2) is 9.97 Å². The lowest BCUT2D eigenvalue weighted by Gasteiger charge is -2.16. The van der Waals surface area contributed by atoms with Crippen molar-refractivity contribution < 1.29 is 9.15 Å². The van der Waals surface area contributed by atoms with Gasteiger partial charge in [0.2, 0.25) is 0 Å². The summed E-state index contributed by atoms with van der Waals surface area (Å²) in [4.78, 5) is 8.80. The third-order valence-corrected chi connectivity index (χ3v) is 3.39. The fourth-order valence-electron chi connectivity index (χ4n) is 2.06. The molecule has 1 saturated carbocycles. The first-order chi connectivity index (χ1) is 9.76. The molecule has 0 amide bonds. The van der Waals surface area contributed by atoms with Gasteiger partial charge in [0.05, 0.1) is 12.9 Å². The van der Waals surface area contributed by atoms with Crippen molar-refractivity contribution in [3.8, 4) is 0 Å². The minimum atomic E-state index is -0.104. The van der Waals surface area contributed by atoms with E-state index in [4.69, 9.17) is 20.8 Å². The molecule has 1 aliphatic carbocycles. The molecule has 0 aromatic carbocycles. The molecule has 1 atom stereocenters. The van der Waals surface area contributed by atoms with Crippen LogP contribution in [0.5, 0.6) is 0 Å². The van der Waals surface area contributed by atoms with Crippen LogP contribution >= 0.6 is 11.6 Å². The predicted molar refractivity (Wildman–Crippen MR) is 76.0 cm³/mol. The Morgan fingerprint density at radius 1 is 1.50 bits per heavy atom. The van der Waals surface area contributed by atoms with E-state index >= 15 is 0 Å². The first kappa shape index (κ1) is 13.4. The van der Waals surface area contributed by atoms with Gasteiger partial charge in [-0.05, 0) is 25.0 Å². The van der Waals surface area contributed by atoms with Crippen LogP contribution in [0.4, 0.5) is 5.82 Å². The second-order valence-corrected chi connectivity index (χ2v) is 5.26. The van der Waals surface area contributed by atoms with Crippen LogP contribution in [0.25, 0.3) is 0 Å². The van der Waals surface area contributed by atoms with E-state index in [2.05, 4.69) is 15.3 Å². The number of rotatable bonds is 6. The van der Waals surface area contributed by atoms with E-state index in [1.807, 2.05) is 12.1 Å². The summed E-state index contributed by atoms with van der Waals surface area (Å²) in [7, 11) is 1.65. The zero-order valence-corrected chi connectivity index (χ0v) is 11.9. The number of hydrogen-bond donors (Lipinski definition) is 1. The summed E-state index contributed by atoms with van der Waals surface area (Å²) in [6.45, 7) is 0.480. The zero-order valence-electron chi connectivity index (χ0n) is 11.2. The van der Waals surface area contributed by atoms with Gasteiger partial charge in [0.25, 0.3) is 0 Å². The van der Waals surface area contributed by atoms with E-state index in [1.165, 1.54) is 0 Å². The molecule has 0 saturated heterocycles. The van der Waals surface area contributed by atoms with Gasteiger partial charge in [-0.2, -0.15) is 0 Å². The van der Waals surface area contributed by atoms with Crippen molar-refractivity contribution in [2.75, 3.05) is 19.0 Å². The number of hydrogen-bond acceptors (Lipinski definition) is 5. The Labute approximate surface area is 122 Å². The van der Waals surface area contributed by atoms with Gasteiger partial charge in [-0.3, -0.25) is 0 Å². The SMILES string of the molecule is COCC(Nc1cc(Cl)nc(C2CC2)n1)c1ccco1. The summed E-state index contributed by atoms with van der Waals surface area (Å²) in [6, 6.07) is 5.37. The Hall–Kier alpha value is -1.59. The second-order valence-electron chi connectivity index (χ2n) is 4.88. The molecular weight excluding hydrogens is 278 g/mol. The third kappa shape index (κ3) is 3.11. The standard InChI is InChI=1S/C14H16ClN3O2/c1-19-8-10(11-3-2-6-20-11)16-13-7-12(15)17-14(18-13)9-4-5-9/h2-3,6-7,9-10H,4-5,8H2,1H3,(H,16,17,18). The fourth-order valence-corrected chi connectivity index (χ4v) is 2.25. The smallest absolute Gasteiger partial charge is 0.135 e. The van der Waals surface area contributed by atoms with Crippen LogP contribution in [0, 0.1) is 0 Å². The van der Waals surface area contributed by atoms with E-state index < -0.39 is 0 Å². The molecule has 2 aromatic heterocycles. The summed E-state index contributed by atoms with van der Waals surface area (Å²) >= 11 is 6.06. The van der Waals surface area contributed by atoms with Crippen LogP contribution in [0.3, 0.4) is 0 Å². The number of nitrogens with zero attached hydrogens (tertiary/aromatic N) is 2. The average Bonchev–Trinajstić information content (AvgIpc) is 3.13. The number of anilines is 1. The molecule has 106 valence electrons. The number of ether oxygens (including phenoxy) is 1. The topological polar surface area (TPSA) is 60.2 Å². The number of methoxy groups -OCH3 is 1. The van der Waals surface area contributed by atoms with Crippen molar-refractivity contribution in [2.45, 2.75) is 24.8 Å². The highest BCUT2D eigenvalue weighted by atomic mass is 35.5. The van der Waals surface area contributed by atoms with Gasteiger partial charge in [-0.15, -0.1) is 0 Å². The van der Waals surface area contributed by atoms with E-state index in [1.54, 1.807) is 19.4 Å². The maximum absolute atomic E-state index is 6.06. The molecule has 20 heavy (non-hydrogen) atoms. The first-order valence-electron chi connectivity index (χ1n) is 6.59. The van der Waals surface area contributed by atoms with Crippen LogP contribution in [-0.2, 0) is 4.74 Å². The van der Waals surface area contributed by atoms with E-state index in [9.17, 15) is 0 Å². The molecule has 1 fully saturated rings. The van der Waals surface area contributed by atoms with Gasteiger partial charge in [0, 0.05) is 19.1 Å². The lowest BCUT2D eigenvalue weighted by molar-refractivity contribution is 0.178. The van der Waals surface area contributed by atoms with Crippen molar-refractivity contribution in [2.24, 2.45) is 0 Å². The number of nitrogens with one attached hydrogen (secondary N) is 1. The van der Waals surface area contributed by atoms with Gasteiger partial charge < -0.3 is 14.5 Å². The number of halogens is 1. The summed E-state index contributed by atoms with van der Waals surface area (Å²) in [6.07, 6.45) is 3.92. The molecule has 1 unspecified atom stereocenters. The molecule has 0 aliphatic heterocycles. The molecule has 0 spiro atoms. The zero-order chi connectivity index (χ0) is 13.9. The molecular formula is C14H16ClN3O2. The van der Waals surface area contributed by atoms with Crippen molar-refractivity contribution in [3.05, 3.63) is 41.2 Å². The quantitative estimate of drug-likeness (QED) is 0.827. The molecule has 6 heteroatoms. The molecule has 3 rings (SSSR count). The highest BCUT2D eigenvalue weighted by molar-refractivity contribution is 6.29. The van der Waals surface area contributed by atoms with Gasteiger partial charge >= 0.3 is 0 Å². The van der Waals surface area contributed by atoms with E-state index in [0.717, 1.165) is 24.4 Å². The molecule has 1 N–H and O–H groups in total. The lowest BCUT2D eigenvalue weighted by Crippen LogP contribution is -2.17. The number of aromatic nitrogens is 2. The first-order valence-corrected chi connectivity index (χ1v) is 6.97. The van der Waals surface area contributed by atoms with Crippen LogP contribution in [0.15, 0.2) is 28.9 Å². The van der Waals surface area contributed by atoms with Crippen molar-refractivity contribution in [1.29, 1.82) is 0 Å². The van der Waals surface area contributed by atoms with Crippen molar-refractivity contribution in [3.63, 3.8) is 0 Å². The maximum Gasteiger partial charge on any atom is 0.135 e. The minimum absolute atomic E-state index is 0.104. The molecule has 2 aromatic rings. The summed E-state index contributed by atoms with van der Waals surface area (Å²) in [5, 5.41) is 3.75. The van der Waals surface area contributed by atoms with Crippen LogP contribution < -0.4 is 5.32 Å². The second kappa shape index (κ2) is 5.81. The third-order valence-electron chi connectivity index (χ3n) is 3.20. The summed E-state index contributed by atoms with van der Waals surface area (Å²) < 4.78 is 10.6. The monoisotopic (exact) mass is 293 g/mol. The van der Waals surface area contributed by atoms with Crippen LogP contribution in [-0.4, -0.2) is 23.7 Å². The number of furan rings is 1. The van der Waals surface area contributed by atoms with Crippen molar-refractivity contribution in [1.82, 2.24) is 9.97 Å².